The van der Waals surface area contributed by atoms with Crippen molar-refractivity contribution in [2.24, 2.45) is 11.7 Å². The largest absolute Gasteiger partial charge is 0.340 e. The van der Waals surface area contributed by atoms with E-state index in [1.165, 1.54) is 6.26 Å². The third-order valence-electron chi connectivity index (χ3n) is 4.52. The first kappa shape index (κ1) is 14.5. The van der Waals surface area contributed by atoms with Crippen molar-refractivity contribution in [3.63, 3.8) is 0 Å². The average Bonchev–Trinajstić information content (AvgIpc) is 2.85. The highest BCUT2D eigenvalue weighted by atomic mass is 32.2. The molecule has 0 amide bonds. The van der Waals surface area contributed by atoms with E-state index in [2.05, 4.69) is 16.9 Å². The van der Waals surface area contributed by atoms with Crippen LogP contribution in [0.1, 0.15) is 38.4 Å². The van der Waals surface area contributed by atoms with Gasteiger partial charge in [0.15, 0.2) is 9.84 Å². The Labute approximate surface area is 124 Å². The lowest BCUT2D eigenvalue weighted by molar-refractivity contribution is 0.238. The van der Waals surface area contributed by atoms with E-state index in [0.29, 0.717) is 10.8 Å². The Hall–Kier alpha value is -1.40. The van der Waals surface area contributed by atoms with Gasteiger partial charge in [-0.1, -0.05) is 6.92 Å². The van der Waals surface area contributed by atoms with E-state index in [1.807, 2.05) is 0 Å². The molecule has 1 aliphatic carbocycles. The van der Waals surface area contributed by atoms with Crippen LogP contribution in [0.5, 0.6) is 0 Å². The van der Waals surface area contributed by atoms with Gasteiger partial charge in [-0.15, -0.1) is 0 Å². The van der Waals surface area contributed by atoms with Gasteiger partial charge in [0.2, 0.25) is 0 Å². The molecule has 1 aromatic heterocycles. The number of aromatic amines is 1. The average molecular weight is 307 g/mol. The van der Waals surface area contributed by atoms with Crippen molar-refractivity contribution >= 4 is 20.9 Å². The zero-order chi connectivity index (χ0) is 15.3. The molecule has 1 saturated carbocycles. The maximum atomic E-state index is 11.6. The fourth-order valence-corrected chi connectivity index (χ4v) is 3.62. The lowest BCUT2D eigenvalue weighted by atomic mass is 9.77. The second-order valence-corrected chi connectivity index (χ2v) is 8.39. The number of imidazole rings is 1. The van der Waals surface area contributed by atoms with Gasteiger partial charge in [0.25, 0.3) is 0 Å². The van der Waals surface area contributed by atoms with E-state index < -0.39 is 15.4 Å². The first-order valence-corrected chi connectivity index (χ1v) is 9.16. The van der Waals surface area contributed by atoms with Crippen LogP contribution in [-0.2, 0) is 15.4 Å². The monoisotopic (exact) mass is 307 g/mol. The molecular weight excluding hydrogens is 286 g/mol. The van der Waals surface area contributed by atoms with Crippen LogP contribution < -0.4 is 5.73 Å². The number of benzene rings is 1. The number of nitrogens with two attached hydrogens (primary N) is 1. The van der Waals surface area contributed by atoms with Crippen molar-refractivity contribution in [1.82, 2.24) is 9.97 Å². The molecular formula is C15H21N3O2S. The molecule has 0 aliphatic heterocycles. The first-order valence-electron chi connectivity index (χ1n) is 7.27. The summed E-state index contributed by atoms with van der Waals surface area (Å²) >= 11 is 0. The number of hydrogen-bond donors (Lipinski definition) is 2. The lowest BCUT2D eigenvalue weighted by Gasteiger charge is -2.34. The number of rotatable bonds is 2. The van der Waals surface area contributed by atoms with Gasteiger partial charge in [-0.25, -0.2) is 13.4 Å². The van der Waals surface area contributed by atoms with E-state index in [1.54, 1.807) is 18.2 Å². The van der Waals surface area contributed by atoms with Crippen molar-refractivity contribution in [1.29, 1.82) is 0 Å². The van der Waals surface area contributed by atoms with Crippen molar-refractivity contribution < 1.29 is 8.42 Å². The van der Waals surface area contributed by atoms with Crippen LogP contribution in [0.15, 0.2) is 23.1 Å². The summed E-state index contributed by atoms with van der Waals surface area (Å²) in [4.78, 5) is 8.11. The first-order chi connectivity index (χ1) is 9.78. The SMILES string of the molecule is CC1CCC(N)(c2nc3ccc(S(C)(=O)=O)cc3[nH]2)CC1. The highest BCUT2D eigenvalue weighted by Gasteiger charge is 2.34. The van der Waals surface area contributed by atoms with Gasteiger partial charge >= 0.3 is 0 Å². The van der Waals surface area contributed by atoms with Gasteiger partial charge in [0.1, 0.15) is 5.82 Å². The smallest absolute Gasteiger partial charge is 0.175 e. The molecule has 1 aromatic carbocycles. The number of H-pyrrole nitrogens is 1. The van der Waals surface area contributed by atoms with E-state index in [4.69, 9.17) is 5.73 Å². The number of nitrogens with zero attached hydrogens (tertiary/aromatic N) is 1. The predicted molar refractivity (Wildman–Crippen MR) is 82.7 cm³/mol. The second kappa shape index (κ2) is 4.81. The third-order valence-corrected chi connectivity index (χ3v) is 5.63. The molecule has 21 heavy (non-hydrogen) atoms. The van der Waals surface area contributed by atoms with Crippen LogP contribution in [0.4, 0.5) is 0 Å². The van der Waals surface area contributed by atoms with E-state index in [9.17, 15) is 8.42 Å². The molecule has 0 bridgehead atoms. The Bertz CT molecular complexity index is 771. The normalized spacial score (nSPS) is 27.1. The van der Waals surface area contributed by atoms with E-state index in [-0.39, 0.29) is 0 Å². The fourth-order valence-electron chi connectivity index (χ4n) is 2.97. The minimum Gasteiger partial charge on any atom is -0.340 e. The third kappa shape index (κ3) is 2.70. The molecule has 3 N–H and O–H groups in total. The summed E-state index contributed by atoms with van der Waals surface area (Å²) in [6.07, 6.45) is 5.22. The van der Waals surface area contributed by atoms with Crippen molar-refractivity contribution in [2.75, 3.05) is 6.26 Å². The topological polar surface area (TPSA) is 88.8 Å². The Kier molecular flexibility index (Phi) is 3.33. The maximum absolute atomic E-state index is 11.6. The lowest BCUT2D eigenvalue weighted by Crippen LogP contribution is -2.41. The minimum atomic E-state index is -3.21. The highest BCUT2D eigenvalue weighted by Crippen LogP contribution is 2.36. The zero-order valence-electron chi connectivity index (χ0n) is 12.4. The van der Waals surface area contributed by atoms with Crippen molar-refractivity contribution in [2.45, 2.75) is 43.0 Å². The number of fused-ring (bicyclic) bond motifs is 1. The molecule has 3 rings (SSSR count). The van der Waals surface area contributed by atoms with Crippen molar-refractivity contribution in [3.8, 4) is 0 Å². The summed E-state index contributed by atoms with van der Waals surface area (Å²) in [6.45, 7) is 2.25. The van der Waals surface area contributed by atoms with Gasteiger partial charge in [-0.3, -0.25) is 0 Å². The molecule has 2 aromatic rings. The van der Waals surface area contributed by atoms with Crippen LogP contribution >= 0.6 is 0 Å². The predicted octanol–water partition coefficient (Wildman–Crippen LogP) is 2.33. The Morgan fingerprint density at radius 2 is 2.00 bits per heavy atom. The van der Waals surface area contributed by atoms with Crippen LogP contribution in [0, 0.1) is 5.92 Å². The summed E-state index contributed by atoms with van der Waals surface area (Å²) in [5.74, 6) is 1.48. The van der Waals surface area contributed by atoms with Gasteiger partial charge < -0.3 is 10.7 Å². The standard InChI is InChI=1S/C15H21N3O2S/c1-10-5-7-15(16,8-6-10)14-17-12-4-3-11(21(2,19)20)9-13(12)18-14/h3-4,9-10H,5-8,16H2,1-2H3,(H,17,18). The second-order valence-electron chi connectivity index (χ2n) is 6.38. The molecule has 0 radical (unpaired) electrons. The molecule has 0 unspecified atom stereocenters. The van der Waals surface area contributed by atoms with Crippen LogP contribution in [-0.4, -0.2) is 24.6 Å². The maximum Gasteiger partial charge on any atom is 0.175 e. The molecule has 0 saturated heterocycles. The Balaban J connectivity index is 2.01. The van der Waals surface area contributed by atoms with E-state index >= 15 is 0 Å². The molecule has 5 nitrogen and oxygen atoms in total. The number of aromatic nitrogens is 2. The molecule has 6 heteroatoms. The Morgan fingerprint density at radius 3 is 2.62 bits per heavy atom. The summed E-state index contributed by atoms with van der Waals surface area (Å²) in [5.41, 5.74) is 7.60. The number of hydrogen-bond acceptors (Lipinski definition) is 4. The fraction of sp³-hybridized carbons (Fsp3) is 0.533. The molecule has 1 aliphatic rings. The number of sulfone groups is 1. The molecule has 0 spiro atoms. The van der Waals surface area contributed by atoms with Gasteiger partial charge in [-0.2, -0.15) is 0 Å². The van der Waals surface area contributed by atoms with Crippen molar-refractivity contribution in [3.05, 3.63) is 24.0 Å². The quantitative estimate of drug-likeness (QED) is 0.891. The van der Waals surface area contributed by atoms with Gasteiger partial charge in [-0.05, 0) is 49.8 Å². The molecule has 1 fully saturated rings. The summed E-state index contributed by atoms with van der Waals surface area (Å²) in [7, 11) is -3.21. The van der Waals surface area contributed by atoms with Crippen LogP contribution in [0.25, 0.3) is 11.0 Å². The van der Waals surface area contributed by atoms with Gasteiger partial charge in [0.05, 0.1) is 21.5 Å². The molecule has 1 heterocycles. The van der Waals surface area contributed by atoms with E-state index in [0.717, 1.165) is 42.5 Å². The summed E-state index contributed by atoms with van der Waals surface area (Å²) in [5, 5.41) is 0. The minimum absolute atomic E-state index is 0.300. The van der Waals surface area contributed by atoms with Crippen LogP contribution in [0.3, 0.4) is 0 Å². The zero-order valence-corrected chi connectivity index (χ0v) is 13.2. The summed E-state index contributed by atoms with van der Waals surface area (Å²) in [6, 6.07) is 4.96. The highest BCUT2D eigenvalue weighted by molar-refractivity contribution is 7.90. The van der Waals surface area contributed by atoms with Crippen LogP contribution in [0.2, 0.25) is 0 Å². The van der Waals surface area contributed by atoms with Gasteiger partial charge in [0, 0.05) is 6.26 Å². The number of nitrogens with one attached hydrogen (secondary N) is 1. The Morgan fingerprint density at radius 1 is 1.33 bits per heavy atom. The summed E-state index contributed by atoms with van der Waals surface area (Å²) < 4.78 is 23.3. The molecule has 114 valence electrons. The molecule has 0 atom stereocenters.